The van der Waals surface area contributed by atoms with Crippen LogP contribution in [0.25, 0.3) is 0 Å². The van der Waals surface area contributed by atoms with Gasteiger partial charge in [0.25, 0.3) is 0 Å². The van der Waals surface area contributed by atoms with Crippen molar-refractivity contribution in [3.05, 3.63) is 148 Å². The summed E-state index contributed by atoms with van der Waals surface area (Å²) in [7, 11) is 0. The molecule has 0 N–H and O–H groups in total. The molecule has 5 aromatic rings. The lowest BCUT2D eigenvalue weighted by atomic mass is 9.74. The van der Waals surface area contributed by atoms with Crippen molar-refractivity contribution in [1.29, 1.82) is 0 Å². The summed E-state index contributed by atoms with van der Waals surface area (Å²) in [6, 6.07) is 41.7. The fourth-order valence-electron chi connectivity index (χ4n) is 9.16. The molecule has 0 bridgehead atoms. The second kappa shape index (κ2) is 15.7. The predicted octanol–water partition coefficient (Wildman–Crippen LogP) is 16.0. The minimum Gasteiger partial charge on any atom is -0.337 e. The molecule has 2 saturated carbocycles. The molecule has 2 atom stereocenters. The highest BCUT2D eigenvalue weighted by Gasteiger charge is 2.38. The Balaban J connectivity index is 1.42. The molecule has 2 aliphatic carbocycles. The molecule has 0 radical (unpaired) electrons. The first kappa shape index (κ1) is 40.2. The van der Waals surface area contributed by atoms with E-state index >= 15 is 0 Å². The van der Waals surface area contributed by atoms with Crippen molar-refractivity contribution in [2.24, 2.45) is 5.92 Å². The van der Waals surface area contributed by atoms with Crippen molar-refractivity contribution in [3.63, 3.8) is 0 Å². The van der Waals surface area contributed by atoms with Crippen LogP contribution < -0.4 is 9.80 Å². The van der Waals surface area contributed by atoms with Gasteiger partial charge in [-0.05, 0) is 131 Å². The van der Waals surface area contributed by atoms with E-state index in [2.05, 4.69) is 188 Å². The molecule has 2 fully saturated rings. The molecule has 0 amide bonds. The highest BCUT2D eigenvalue weighted by atomic mass is 35.5. The Kier molecular flexibility index (Phi) is 11.3. The first-order chi connectivity index (χ1) is 26.5. The van der Waals surface area contributed by atoms with Crippen LogP contribution in [-0.2, 0) is 16.2 Å². The largest absolute Gasteiger partial charge is 0.337 e. The van der Waals surface area contributed by atoms with Crippen LogP contribution >= 0.6 is 11.6 Å². The predicted molar refractivity (Wildman–Crippen MR) is 243 cm³/mol. The average molecular weight is 766 g/mol. The molecule has 7 rings (SSSR count). The highest BCUT2D eigenvalue weighted by Crippen LogP contribution is 2.51. The lowest BCUT2D eigenvalue weighted by Crippen LogP contribution is -2.44. The van der Waals surface area contributed by atoms with Crippen LogP contribution in [0, 0.1) is 12.8 Å². The van der Waals surface area contributed by atoms with Crippen LogP contribution in [0.3, 0.4) is 0 Å². The van der Waals surface area contributed by atoms with Crippen LogP contribution in [-0.4, -0.2) is 6.04 Å². The van der Waals surface area contributed by atoms with Gasteiger partial charge < -0.3 is 9.80 Å². The topological polar surface area (TPSA) is 6.48 Å². The standard InChI is InChI=1S/C53H65ClN2/c1-36-33-48(55(43-27-22-39(23-28-43)51(3,4)5)44-29-24-40(25-30-44)52(6,7)8)50(54)49(34-36)56(46-31-21-37(46)2)47-32-26-42(35-45(47)38-17-13-11-14-18-38)53(9,10)41-19-15-12-16-20-41/h12,15-16,19-20,22-30,32-35,37-38,46H,11,13-14,17-18,21,31H2,1-10H3/t37-,46?/m0/s1. The minimum atomic E-state index is -0.114. The maximum Gasteiger partial charge on any atom is 0.0883 e. The number of rotatable bonds is 9. The SMILES string of the molecule is Cc1cc(N(c2ccc(C(C)(C)C)cc2)c2ccc(C(C)(C)C)cc2)c(Cl)c(N(c2ccc(C(C)(C)c3ccccc3)cc2C2CCCCC2)C2CC[C@@H]2C)c1. The fourth-order valence-corrected chi connectivity index (χ4v) is 9.45. The first-order valence-corrected chi connectivity index (χ1v) is 21.7. The Morgan fingerprint density at radius 1 is 0.536 bits per heavy atom. The molecular formula is C53H65ClN2. The summed E-state index contributed by atoms with van der Waals surface area (Å²) in [5.41, 5.74) is 13.8. The molecule has 0 saturated heterocycles. The summed E-state index contributed by atoms with van der Waals surface area (Å²) in [6.45, 7) is 23.1. The van der Waals surface area contributed by atoms with E-state index in [4.69, 9.17) is 11.6 Å². The summed E-state index contributed by atoms with van der Waals surface area (Å²) < 4.78 is 0. The Labute approximate surface area is 344 Å². The highest BCUT2D eigenvalue weighted by molar-refractivity contribution is 6.36. The summed E-state index contributed by atoms with van der Waals surface area (Å²) >= 11 is 7.94. The molecule has 56 heavy (non-hydrogen) atoms. The number of hydrogen-bond donors (Lipinski definition) is 0. The van der Waals surface area contributed by atoms with Gasteiger partial charge in [-0.3, -0.25) is 0 Å². The van der Waals surface area contributed by atoms with Crippen LogP contribution in [0.4, 0.5) is 28.4 Å². The molecule has 5 aromatic carbocycles. The maximum absolute atomic E-state index is 7.94. The van der Waals surface area contributed by atoms with E-state index in [1.54, 1.807) is 0 Å². The van der Waals surface area contributed by atoms with Gasteiger partial charge in [-0.15, -0.1) is 0 Å². The summed E-state index contributed by atoms with van der Waals surface area (Å²) in [5, 5.41) is 0.804. The summed E-state index contributed by atoms with van der Waals surface area (Å²) in [4.78, 5) is 5.06. The van der Waals surface area contributed by atoms with E-state index in [1.807, 2.05) is 0 Å². The van der Waals surface area contributed by atoms with Crippen molar-refractivity contribution in [3.8, 4) is 0 Å². The number of hydrogen-bond acceptors (Lipinski definition) is 2. The molecule has 0 heterocycles. The lowest BCUT2D eigenvalue weighted by Gasteiger charge is -2.46. The van der Waals surface area contributed by atoms with Gasteiger partial charge in [-0.1, -0.05) is 160 Å². The Bertz CT molecular complexity index is 2050. The third-order valence-corrected chi connectivity index (χ3v) is 13.5. The van der Waals surface area contributed by atoms with E-state index in [-0.39, 0.29) is 16.2 Å². The molecule has 0 aromatic heterocycles. The molecule has 0 spiro atoms. The van der Waals surface area contributed by atoms with Gasteiger partial charge in [0, 0.05) is 28.5 Å². The van der Waals surface area contributed by atoms with E-state index in [9.17, 15) is 0 Å². The molecule has 294 valence electrons. The molecule has 3 heteroatoms. The van der Waals surface area contributed by atoms with Crippen LogP contribution in [0.15, 0.2) is 109 Å². The van der Waals surface area contributed by atoms with Crippen molar-refractivity contribution < 1.29 is 0 Å². The monoisotopic (exact) mass is 764 g/mol. The van der Waals surface area contributed by atoms with E-state index in [1.165, 1.54) is 77.6 Å². The second-order valence-electron chi connectivity index (χ2n) is 19.6. The minimum absolute atomic E-state index is 0.0632. The third-order valence-electron chi connectivity index (χ3n) is 13.1. The first-order valence-electron chi connectivity index (χ1n) is 21.3. The molecular weight excluding hydrogens is 700 g/mol. The van der Waals surface area contributed by atoms with Crippen molar-refractivity contribution >= 4 is 40.0 Å². The van der Waals surface area contributed by atoms with Gasteiger partial charge in [0.2, 0.25) is 0 Å². The maximum atomic E-state index is 7.94. The number of aryl methyl sites for hydroxylation is 1. The molecule has 2 nitrogen and oxygen atoms in total. The van der Waals surface area contributed by atoms with Crippen molar-refractivity contribution in [1.82, 2.24) is 0 Å². The second-order valence-corrected chi connectivity index (χ2v) is 20.0. The molecule has 2 aliphatic rings. The van der Waals surface area contributed by atoms with E-state index in [0.29, 0.717) is 17.9 Å². The Hall–Kier alpha value is -4.01. The Morgan fingerprint density at radius 3 is 1.57 bits per heavy atom. The summed E-state index contributed by atoms with van der Waals surface area (Å²) in [6.07, 6.45) is 8.81. The Morgan fingerprint density at radius 2 is 1.07 bits per heavy atom. The zero-order valence-electron chi connectivity index (χ0n) is 35.8. The molecule has 0 aliphatic heterocycles. The van der Waals surface area contributed by atoms with Crippen molar-refractivity contribution in [2.45, 2.75) is 142 Å². The molecule has 1 unspecified atom stereocenters. The van der Waals surface area contributed by atoms with Crippen LogP contribution in [0.1, 0.15) is 147 Å². The normalized spacial score (nSPS) is 18.1. The smallest absolute Gasteiger partial charge is 0.0883 e. The zero-order valence-corrected chi connectivity index (χ0v) is 36.6. The van der Waals surface area contributed by atoms with Gasteiger partial charge in [0.15, 0.2) is 0 Å². The third kappa shape index (κ3) is 8.06. The summed E-state index contributed by atoms with van der Waals surface area (Å²) in [5.74, 6) is 1.10. The average Bonchev–Trinajstić information content (AvgIpc) is 3.18. The number of anilines is 5. The van der Waals surface area contributed by atoms with Gasteiger partial charge in [-0.2, -0.15) is 0 Å². The van der Waals surface area contributed by atoms with Gasteiger partial charge in [-0.25, -0.2) is 0 Å². The number of benzene rings is 5. The fraction of sp³-hybridized carbons (Fsp3) is 0.434. The van der Waals surface area contributed by atoms with E-state index < -0.39 is 0 Å². The quantitative estimate of drug-likeness (QED) is 0.147. The zero-order chi connectivity index (χ0) is 40.0. The number of halogens is 1. The van der Waals surface area contributed by atoms with E-state index in [0.717, 1.165) is 34.2 Å². The van der Waals surface area contributed by atoms with Gasteiger partial charge in [0.1, 0.15) is 0 Å². The lowest BCUT2D eigenvalue weighted by molar-refractivity contribution is 0.278. The van der Waals surface area contributed by atoms with Gasteiger partial charge in [0.05, 0.1) is 16.4 Å². The number of nitrogens with zero attached hydrogens (tertiary/aromatic N) is 2. The van der Waals surface area contributed by atoms with Crippen LogP contribution in [0.5, 0.6) is 0 Å². The van der Waals surface area contributed by atoms with Crippen molar-refractivity contribution in [2.75, 3.05) is 9.80 Å². The van der Waals surface area contributed by atoms with Gasteiger partial charge >= 0.3 is 0 Å². The van der Waals surface area contributed by atoms with Crippen LogP contribution in [0.2, 0.25) is 5.02 Å².